The number of likely N-dealkylation sites (tertiary alicyclic amines) is 1. The summed E-state index contributed by atoms with van der Waals surface area (Å²) in [6.07, 6.45) is 6.19. The van der Waals surface area contributed by atoms with E-state index in [0.717, 1.165) is 58.5 Å². The molecule has 2 fully saturated rings. The van der Waals surface area contributed by atoms with Gasteiger partial charge in [0.2, 0.25) is 5.91 Å². The first-order valence-electron chi connectivity index (χ1n) is 12.2. The van der Waals surface area contributed by atoms with E-state index in [0.29, 0.717) is 25.4 Å². The lowest BCUT2D eigenvalue weighted by atomic mass is 9.81. The van der Waals surface area contributed by atoms with Gasteiger partial charge in [-0.3, -0.25) is 4.79 Å². The van der Waals surface area contributed by atoms with Crippen molar-refractivity contribution in [1.82, 2.24) is 19.9 Å². The summed E-state index contributed by atoms with van der Waals surface area (Å²) in [6, 6.07) is 9.83. The van der Waals surface area contributed by atoms with Crippen molar-refractivity contribution in [1.29, 1.82) is 0 Å². The van der Waals surface area contributed by atoms with Crippen molar-refractivity contribution in [2.45, 2.75) is 57.2 Å². The van der Waals surface area contributed by atoms with Crippen molar-refractivity contribution in [3.63, 3.8) is 0 Å². The van der Waals surface area contributed by atoms with Gasteiger partial charge < -0.3 is 20.4 Å². The predicted molar refractivity (Wildman–Crippen MR) is 136 cm³/mol. The monoisotopic (exact) mass is 493 g/mol. The van der Waals surface area contributed by atoms with Gasteiger partial charge in [0.1, 0.15) is 11.6 Å². The Labute approximate surface area is 209 Å². The van der Waals surface area contributed by atoms with Crippen LogP contribution in [-0.2, 0) is 4.79 Å². The predicted octanol–water partition coefficient (Wildman–Crippen LogP) is 3.88. The summed E-state index contributed by atoms with van der Waals surface area (Å²) in [5.74, 6) is 1.87. The van der Waals surface area contributed by atoms with Crippen molar-refractivity contribution in [2.24, 2.45) is 5.92 Å². The molecule has 5 rings (SSSR count). The Morgan fingerprint density at radius 2 is 1.83 bits per heavy atom. The fraction of sp³-hybridized carbons (Fsp3) is 0.462. The summed E-state index contributed by atoms with van der Waals surface area (Å²) in [4.78, 5) is 29.4. The third-order valence-electron chi connectivity index (χ3n) is 6.84. The zero-order valence-corrected chi connectivity index (χ0v) is 20.6. The average molecular weight is 494 g/mol. The van der Waals surface area contributed by atoms with Crippen molar-refractivity contribution < 1.29 is 15.0 Å². The number of nitrogens with one attached hydrogen (secondary N) is 1. The number of pyridine rings is 2. The third kappa shape index (κ3) is 5.69. The lowest BCUT2D eigenvalue weighted by Gasteiger charge is -2.37. The molecule has 1 aliphatic heterocycles. The molecule has 1 saturated carbocycles. The SMILES string of the molecule is Cc1ccnc(Nc2cccc(-c3cnc([C@H]4CC[C@H](C(=O)N5C[C@H](O)C[C@H](O)C5)CC4)s3)n2)c1. The number of aliphatic hydroxyl groups is 2. The standard InChI is InChI=1S/C26H31N5O3S/c1-16-9-10-27-24(11-16)30-23-4-2-3-21(29-23)22-13-28-25(35-22)17-5-7-18(8-6-17)26(34)31-14-19(32)12-20(33)15-31/h2-4,9-11,13,17-20,32-33H,5-8,12,14-15H2,1H3,(H,27,29,30)/t17-,18-,19-,20+. The maximum atomic E-state index is 12.9. The minimum Gasteiger partial charge on any atom is -0.391 e. The van der Waals surface area contributed by atoms with Crippen LogP contribution in [0.3, 0.4) is 0 Å². The summed E-state index contributed by atoms with van der Waals surface area (Å²) in [6.45, 7) is 2.68. The molecule has 2 atom stereocenters. The van der Waals surface area contributed by atoms with Crippen LogP contribution >= 0.6 is 11.3 Å². The molecule has 2 aliphatic rings. The smallest absolute Gasteiger partial charge is 0.225 e. The number of carbonyl (C=O) groups excluding carboxylic acids is 1. The molecule has 4 heterocycles. The number of amides is 1. The molecule has 0 spiro atoms. The van der Waals surface area contributed by atoms with Gasteiger partial charge in [0, 0.05) is 43.7 Å². The number of nitrogens with zero attached hydrogens (tertiary/aromatic N) is 4. The Balaban J connectivity index is 1.20. The van der Waals surface area contributed by atoms with E-state index in [1.54, 1.807) is 22.4 Å². The molecule has 0 bridgehead atoms. The van der Waals surface area contributed by atoms with Crippen molar-refractivity contribution in [2.75, 3.05) is 18.4 Å². The first-order chi connectivity index (χ1) is 16.9. The quantitative estimate of drug-likeness (QED) is 0.495. The average Bonchev–Trinajstić information content (AvgIpc) is 3.34. The number of aryl methyl sites for hydroxylation is 1. The molecular weight excluding hydrogens is 462 g/mol. The van der Waals surface area contributed by atoms with Gasteiger partial charge in [-0.15, -0.1) is 11.3 Å². The number of anilines is 2. The van der Waals surface area contributed by atoms with Crippen molar-refractivity contribution in [3.8, 4) is 10.6 Å². The molecule has 9 heteroatoms. The second-order valence-electron chi connectivity index (χ2n) is 9.65. The number of aliphatic hydroxyl groups excluding tert-OH is 2. The van der Waals surface area contributed by atoms with Crippen LogP contribution in [0.2, 0.25) is 0 Å². The third-order valence-corrected chi connectivity index (χ3v) is 8.02. The van der Waals surface area contributed by atoms with Gasteiger partial charge in [-0.2, -0.15) is 0 Å². The van der Waals surface area contributed by atoms with Crippen LogP contribution < -0.4 is 5.32 Å². The number of piperidine rings is 1. The van der Waals surface area contributed by atoms with E-state index >= 15 is 0 Å². The molecule has 1 amide bonds. The summed E-state index contributed by atoms with van der Waals surface area (Å²) < 4.78 is 0. The minimum atomic E-state index is -0.636. The van der Waals surface area contributed by atoms with Gasteiger partial charge in [0.05, 0.1) is 27.8 Å². The lowest BCUT2D eigenvalue weighted by Crippen LogP contribution is -2.50. The molecule has 3 N–H and O–H groups in total. The number of hydrogen-bond donors (Lipinski definition) is 3. The van der Waals surface area contributed by atoms with E-state index in [4.69, 9.17) is 9.97 Å². The molecule has 0 unspecified atom stereocenters. The van der Waals surface area contributed by atoms with E-state index in [1.165, 1.54) is 0 Å². The van der Waals surface area contributed by atoms with Crippen molar-refractivity contribution in [3.05, 3.63) is 53.3 Å². The Kier molecular flexibility index (Phi) is 7.08. The first-order valence-corrected chi connectivity index (χ1v) is 13.0. The number of hydrogen-bond acceptors (Lipinski definition) is 8. The topological polar surface area (TPSA) is 111 Å². The second kappa shape index (κ2) is 10.4. The van der Waals surface area contributed by atoms with Gasteiger partial charge in [0.15, 0.2) is 0 Å². The highest BCUT2D eigenvalue weighted by Gasteiger charge is 2.34. The van der Waals surface area contributed by atoms with Crippen LogP contribution in [0.4, 0.5) is 11.6 Å². The molecule has 8 nitrogen and oxygen atoms in total. The van der Waals surface area contributed by atoms with Crippen LogP contribution in [0.25, 0.3) is 10.6 Å². The van der Waals surface area contributed by atoms with Crippen LogP contribution in [0.15, 0.2) is 42.7 Å². The molecule has 0 aromatic carbocycles. The van der Waals surface area contributed by atoms with Crippen LogP contribution in [0, 0.1) is 12.8 Å². The Hall–Kier alpha value is -2.88. The number of β-amino-alcohol motifs (C(OH)–C–C–N with tert-alkyl or cyclic N) is 2. The number of thiazole rings is 1. The maximum Gasteiger partial charge on any atom is 0.225 e. The molecule has 35 heavy (non-hydrogen) atoms. The zero-order valence-electron chi connectivity index (χ0n) is 19.8. The van der Waals surface area contributed by atoms with Crippen LogP contribution in [0.5, 0.6) is 0 Å². The van der Waals surface area contributed by atoms with E-state index in [9.17, 15) is 15.0 Å². The second-order valence-corrected chi connectivity index (χ2v) is 10.7. The maximum absolute atomic E-state index is 12.9. The summed E-state index contributed by atoms with van der Waals surface area (Å²) >= 11 is 1.67. The highest BCUT2D eigenvalue weighted by Crippen LogP contribution is 2.40. The number of aromatic nitrogens is 3. The molecule has 1 saturated heterocycles. The molecule has 184 valence electrons. The Morgan fingerprint density at radius 1 is 1.06 bits per heavy atom. The molecular formula is C26H31N5O3S. The van der Waals surface area contributed by atoms with E-state index < -0.39 is 12.2 Å². The van der Waals surface area contributed by atoms with E-state index in [-0.39, 0.29) is 11.8 Å². The van der Waals surface area contributed by atoms with E-state index in [2.05, 4.69) is 10.3 Å². The van der Waals surface area contributed by atoms with Gasteiger partial charge >= 0.3 is 0 Å². The highest BCUT2D eigenvalue weighted by atomic mass is 32.1. The number of rotatable bonds is 5. The normalized spacial score (nSPS) is 24.8. The summed E-state index contributed by atoms with van der Waals surface area (Å²) in [5, 5.41) is 24.2. The molecule has 1 aliphatic carbocycles. The van der Waals surface area contributed by atoms with E-state index in [1.807, 2.05) is 43.5 Å². The fourth-order valence-corrected chi connectivity index (χ4v) is 6.10. The fourth-order valence-electron chi connectivity index (χ4n) is 5.04. The molecule has 3 aromatic rings. The highest BCUT2D eigenvalue weighted by molar-refractivity contribution is 7.15. The molecule has 3 aromatic heterocycles. The van der Waals surface area contributed by atoms with Crippen molar-refractivity contribution >= 4 is 28.9 Å². The van der Waals surface area contributed by atoms with Crippen LogP contribution in [-0.4, -0.2) is 61.3 Å². The lowest BCUT2D eigenvalue weighted by molar-refractivity contribution is -0.143. The molecule has 0 radical (unpaired) electrons. The van der Waals surface area contributed by atoms with Gasteiger partial charge in [-0.05, 0) is 62.4 Å². The van der Waals surface area contributed by atoms with Gasteiger partial charge in [-0.1, -0.05) is 6.07 Å². The first kappa shape index (κ1) is 23.8. The minimum absolute atomic E-state index is 0.0390. The van der Waals surface area contributed by atoms with Gasteiger partial charge in [0.25, 0.3) is 0 Å². The Bertz CT molecular complexity index is 1170. The summed E-state index contributed by atoms with van der Waals surface area (Å²) in [7, 11) is 0. The zero-order chi connectivity index (χ0) is 24.4. The number of carbonyl (C=O) groups is 1. The summed E-state index contributed by atoms with van der Waals surface area (Å²) in [5.41, 5.74) is 2.01. The van der Waals surface area contributed by atoms with Crippen LogP contribution in [0.1, 0.15) is 48.6 Å². The largest absolute Gasteiger partial charge is 0.391 e. The van der Waals surface area contributed by atoms with Gasteiger partial charge in [-0.25, -0.2) is 15.0 Å². The Morgan fingerprint density at radius 3 is 2.57 bits per heavy atom.